The van der Waals surface area contributed by atoms with Crippen molar-refractivity contribution in [2.24, 2.45) is 7.05 Å². The average Bonchev–Trinajstić information content (AvgIpc) is 3.05. The lowest BCUT2D eigenvalue weighted by atomic mass is 10.0. The Balaban J connectivity index is 1.79. The monoisotopic (exact) mass is 425 g/mol. The summed E-state index contributed by atoms with van der Waals surface area (Å²) in [6, 6.07) is -1.07. The number of fused-ring (bicyclic) bond motifs is 1. The molecule has 0 aliphatic carbocycles. The summed E-state index contributed by atoms with van der Waals surface area (Å²) < 4.78 is 5.94. The Bertz CT molecular complexity index is 970. The second-order valence-corrected chi connectivity index (χ2v) is 7.30. The predicted octanol–water partition coefficient (Wildman–Crippen LogP) is -0.756. The molecule has 2 amide bonds. The van der Waals surface area contributed by atoms with Crippen LogP contribution in [-0.2, 0) is 26.2 Å². The molecule has 1 aromatic rings. The smallest absolute Gasteiger partial charge is 0.352 e. The fourth-order valence-electron chi connectivity index (χ4n) is 2.96. The minimum absolute atomic E-state index is 0.166. The van der Waals surface area contributed by atoms with Crippen LogP contribution in [0.5, 0.6) is 0 Å². The molecule has 0 aromatic carbocycles. The van der Waals surface area contributed by atoms with Crippen LogP contribution in [0.3, 0.4) is 0 Å². The lowest BCUT2D eigenvalue weighted by Crippen LogP contribution is -2.70. The molecule has 14 heteroatoms. The number of aryl methyl sites for hydroxylation is 1. The number of carboxylic acid groups (broad SMARTS) is 1. The number of hydrogen-bond acceptors (Lipinski definition) is 9. The lowest BCUT2D eigenvalue weighted by Gasteiger charge is -2.49. The van der Waals surface area contributed by atoms with Gasteiger partial charge in [-0.1, -0.05) is 0 Å². The first-order valence-corrected chi connectivity index (χ1v) is 9.19. The van der Waals surface area contributed by atoms with Crippen molar-refractivity contribution in [1.29, 1.82) is 0 Å². The van der Waals surface area contributed by atoms with Crippen molar-refractivity contribution in [2.75, 3.05) is 12.4 Å². The first-order chi connectivity index (χ1) is 13.6. The lowest BCUT2D eigenvalue weighted by molar-refractivity contribution is -0.385. The highest BCUT2D eigenvalue weighted by Crippen LogP contribution is 2.40. The number of nitrogens with one attached hydrogen (secondary N) is 1. The van der Waals surface area contributed by atoms with E-state index in [0.717, 1.165) is 15.8 Å². The molecule has 0 radical (unpaired) electrons. The fourth-order valence-corrected chi connectivity index (χ4v) is 4.29. The minimum atomic E-state index is -1.36. The van der Waals surface area contributed by atoms with Crippen LogP contribution in [0.4, 0.5) is 5.69 Å². The van der Waals surface area contributed by atoms with Gasteiger partial charge in [-0.3, -0.25) is 34.1 Å². The summed E-state index contributed by atoms with van der Waals surface area (Å²) in [7, 11) is 1.41. The number of esters is 1. The highest BCUT2D eigenvalue weighted by Gasteiger charge is 2.54. The van der Waals surface area contributed by atoms with E-state index in [1.165, 1.54) is 25.7 Å². The number of β-lactam (4-membered cyclic amide) rings is 1. The number of carboxylic acids is 1. The predicted molar refractivity (Wildman–Crippen MR) is 95.5 cm³/mol. The molecule has 1 saturated heterocycles. The molecule has 29 heavy (non-hydrogen) atoms. The fraction of sp³-hybridized carbons (Fsp3) is 0.400. The molecular formula is C15H15N5O8S. The second-order valence-electron chi connectivity index (χ2n) is 6.19. The Morgan fingerprint density at radius 3 is 2.76 bits per heavy atom. The van der Waals surface area contributed by atoms with Gasteiger partial charge < -0.3 is 15.2 Å². The molecule has 1 fully saturated rings. The zero-order valence-corrected chi connectivity index (χ0v) is 16.0. The van der Waals surface area contributed by atoms with Crippen molar-refractivity contribution < 1.29 is 33.9 Å². The van der Waals surface area contributed by atoms with Gasteiger partial charge in [0.2, 0.25) is 5.69 Å². The third kappa shape index (κ3) is 3.65. The van der Waals surface area contributed by atoms with E-state index in [0.29, 0.717) is 0 Å². The number of nitro groups is 1. The maximum atomic E-state index is 12.5. The van der Waals surface area contributed by atoms with Crippen molar-refractivity contribution in [3.63, 3.8) is 0 Å². The van der Waals surface area contributed by atoms with Gasteiger partial charge in [0.15, 0.2) is 0 Å². The number of carbonyl (C=O) groups excluding carboxylic acids is 3. The molecule has 154 valence electrons. The van der Waals surface area contributed by atoms with Gasteiger partial charge in [-0.2, -0.15) is 5.10 Å². The Morgan fingerprint density at radius 1 is 1.48 bits per heavy atom. The van der Waals surface area contributed by atoms with Crippen molar-refractivity contribution in [1.82, 2.24) is 20.0 Å². The molecule has 3 heterocycles. The van der Waals surface area contributed by atoms with E-state index >= 15 is 0 Å². The van der Waals surface area contributed by atoms with E-state index in [9.17, 15) is 34.4 Å². The van der Waals surface area contributed by atoms with E-state index < -0.39 is 51.5 Å². The van der Waals surface area contributed by atoms with Crippen molar-refractivity contribution >= 4 is 41.2 Å². The van der Waals surface area contributed by atoms with Crippen LogP contribution < -0.4 is 5.32 Å². The molecule has 0 spiro atoms. The molecule has 13 nitrogen and oxygen atoms in total. The summed E-state index contributed by atoms with van der Waals surface area (Å²) in [6.07, 6.45) is 1.06. The number of hydrogen-bond donors (Lipinski definition) is 2. The maximum absolute atomic E-state index is 12.5. The summed E-state index contributed by atoms with van der Waals surface area (Å²) >= 11 is 1.18. The van der Waals surface area contributed by atoms with E-state index in [1.54, 1.807) is 0 Å². The van der Waals surface area contributed by atoms with Gasteiger partial charge >= 0.3 is 17.6 Å². The largest absolute Gasteiger partial charge is 0.477 e. The van der Waals surface area contributed by atoms with Crippen molar-refractivity contribution in [2.45, 2.75) is 18.3 Å². The Morgan fingerprint density at radius 2 is 2.17 bits per heavy atom. The van der Waals surface area contributed by atoms with Crippen LogP contribution in [0.15, 0.2) is 17.5 Å². The quantitative estimate of drug-likeness (QED) is 0.255. The highest BCUT2D eigenvalue weighted by atomic mass is 32.2. The third-order valence-corrected chi connectivity index (χ3v) is 5.55. The van der Waals surface area contributed by atoms with Gasteiger partial charge in [-0.25, -0.2) is 4.79 Å². The van der Waals surface area contributed by atoms with E-state index in [4.69, 9.17) is 4.74 Å². The van der Waals surface area contributed by atoms with Crippen LogP contribution in [0.1, 0.15) is 17.4 Å². The van der Waals surface area contributed by atoms with Crippen LogP contribution in [0.2, 0.25) is 0 Å². The zero-order chi connectivity index (χ0) is 21.5. The molecule has 3 rings (SSSR count). The summed E-state index contributed by atoms with van der Waals surface area (Å²) in [5.41, 5.74) is -1.00. The van der Waals surface area contributed by atoms with E-state index in [1.807, 2.05) is 0 Å². The summed E-state index contributed by atoms with van der Waals surface area (Å²) in [5, 5.41) is 26.0. The Hall–Kier alpha value is -3.42. The molecular weight excluding hydrogens is 410 g/mol. The van der Waals surface area contributed by atoms with Crippen LogP contribution in [-0.4, -0.2) is 72.2 Å². The third-order valence-electron chi connectivity index (χ3n) is 4.21. The Labute approximate surface area is 166 Å². The maximum Gasteiger partial charge on any atom is 0.352 e. The van der Waals surface area contributed by atoms with Crippen molar-refractivity contribution in [3.8, 4) is 0 Å². The van der Waals surface area contributed by atoms with Crippen LogP contribution >= 0.6 is 11.8 Å². The molecule has 0 unspecified atom stereocenters. The number of aliphatic carboxylic acids is 1. The zero-order valence-electron chi connectivity index (χ0n) is 15.1. The molecule has 0 bridgehead atoms. The van der Waals surface area contributed by atoms with Gasteiger partial charge in [0.1, 0.15) is 29.9 Å². The molecule has 2 aliphatic heterocycles. The number of amides is 2. The first kappa shape index (κ1) is 20.3. The number of nitrogens with zero attached hydrogens (tertiary/aromatic N) is 4. The van der Waals surface area contributed by atoms with Gasteiger partial charge in [-0.05, 0) is 0 Å². The van der Waals surface area contributed by atoms with E-state index in [2.05, 4.69) is 10.4 Å². The Kier molecular flexibility index (Phi) is 5.28. The number of aromatic nitrogens is 2. The first-order valence-electron chi connectivity index (χ1n) is 8.14. The number of carbonyl (C=O) groups is 4. The van der Waals surface area contributed by atoms with Crippen molar-refractivity contribution in [3.05, 3.63) is 33.3 Å². The number of rotatable bonds is 6. The topological polar surface area (TPSA) is 174 Å². The molecule has 2 aliphatic rings. The molecule has 2 atom stereocenters. The highest BCUT2D eigenvalue weighted by molar-refractivity contribution is 8.00. The normalized spacial score (nSPS) is 20.6. The summed E-state index contributed by atoms with van der Waals surface area (Å²) in [4.78, 5) is 58.8. The van der Waals surface area contributed by atoms with Gasteiger partial charge in [0.05, 0.1) is 4.92 Å². The minimum Gasteiger partial charge on any atom is -0.477 e. The summed E-state index contributed by atoms with van der Waals surface area (Å²) in [6.45, 7) is 0.911. The van der Waals surface area contributed by atoms with Crippen LogP contribution in [0.25, 0.3) is 0 Å². The molecule has 1 aromatic heterocycles. The van der Waals surface area contributed by atoms with Gasteiger partial charge in [-0.15, -0.1) is 11.8 Å². The number of ether oxygens (including phenoxy) is 1. The van der Waals surface area contributed by atoms with Crippen LogP contribution in [0, 0.1) is 10.1 Å². The molecule has 0 saturated carbocycles. The average molecular weight is 425 g/mol. The van der Waals surface area contributed by atoms with Gasteiger partial charge in [0, 0.05) is 25.3 Å². The second kappa shape index (κ2) is 7.54. The SMILES string of the molecule is CC(=O)OCC1=C(C(=O)O)N2C(=O)[C@H](NC(=O)c3nn(C)cc3[N+](=O)[O-])[C@H]2SC1. The summed E-state index contributed by atoms with van der Waals surface area (Å²) in [5.74, 6) is -3.39. The van der Waals surface area contributed by atoms with E-state index in [-0.39, 0.29) is 23.6 Å². The van der Waals surface area contributed by atoms with Gasteiger partial charge in [0.25, 0.3) is 11.8 Å². The number of thioether (sulfide) groups is 1. The molecule has 2 N–H and O–H groups in total. The standard InChI is InChI=1S/C15H15N5O8S/c1-6(21)28-4-7-5-29-14-10(13(23)19(14)11(7)15(24)25)16-12(22)9-8(20(26)27)3-18(2)17-9/h3,10,14H,4-5H2,1-2H3,(H,16,22)(H,24,25)/t10-,14+/m0/s1.